The molecule has 0 spiro atoms. The topological polar surface area (TPSA) is 24.4 Å². The number of hydrogen-bond donors (Lipinski definition) is 1. The summed E-state index contributed by atoms with van der Waals surface area (Å²) in [6, 6.07) is 8.67. The maximum absolute atomic E-state index is 4.61. The second kappa shape index (κ2) is 6.20. The molecule has 1 aromatic carbocycles. The van der Waals surface area contributed by atoms with Crippen molar-refractivity contribution in [2.75, 3.05) is 6.54 Å². The van der Waals surface area contributed by atoms with Crippen LogP contribution in [-0.4, -0.2) is 12.4 Å². The van der Waals surface area contributed by atoms with Gasteiger partial charge in [0.1, 0.15) is 0 Å². The SMILES string of the molecule is C[C@@H](NC1=NCCCCC1)c1ccccc1Br. The van der Waals surface area contributed by atoms with E-state index in [9.17, 15) is 0 Å². The summed E-state index contributed by atoms with van der Waals surface area (Å²) in [5.41, 5.74) is 1.29. The molecule has 1 aliphatic rings. The Morgan fingerprint density at radius 3 is 2.88 bits per heavy atom. The molecule has 2 rings (SSSR count). The molecule has 0 amide bonds. The van der Waals surface area contributed by atoms with Gasteiger partial charge in [0, 0.05) is 17.4 Å². The molecule has 1 atom stereocenters. The minimum absolute atomic E-state index is 0.308. The lowest BCUT2D eigenvalue weighted by atomic mass is 10.1. The van der Waals surface area contributed by atoms with Crippen LogP contribution in [0.15, 0.2) is 33.7 Å². The molecule has 2 nitrogen and oxygen atoms in total. The fourth-order valence-electron chi connectivity index (χ4n) is 2.15. The van der Waals surface area contributed by atoms with Crippen molar-refractivity contribution < 1.29 is 0 Å². The normalized spacial score (nSPS) is 18.1. The van der Waals surface area contributed by atoms with Crippen LogP contribution in [-0.2, 0) is 0 Å². The Morgan fingerprint density at radius 2 is 2.06 bits per heavy atom. The number of nitrogens with one attached hydrogen (secondary N) is 1. The van der Waals surface area contributed by atoms with Gasteiger partial charge in [-0.3, -0.25) is 4.99 Å². The van der Waals surface area contributed by atoms with Gasteiger partial charge < -0.3 is 5.32 Å². The van der Waals surface area contributed by atoms with Gasteiger partial charge >= 0.3 is 0 Å². The minimum atomic E-state index is 0.308. The van der Waals surface area contributed by atoms with Crippen LogP contribution < -0.4 is 5.32 Å². The van der Waals surface area contributed by atoms with Crippen LogP contribution in [0.2, 0.25) is 0 Å². The molecule has 0 aromatic heterocycles. The van der Waals surface area contributed by atoms with Crippen LogP contribution in [0.3, 0.4) is 0 Å². The number of benzene rings is 1. The van der Waals surface area contributed by atoms with E-state index >= 15 is 0 Å². The Bertz CT molecular complexity index is 401. The number of halogens is 1. The lowest BCUT2D eigenvalue weighted by molar-refractivity contribution is 0.691. The van der Waals surface area contributed by atoms with Crippen molar-refractivity contribution in [2.24, 2.45) is 4.99 Å². The second-order valence-corrected chi connectivity index (χ2v) is 5.38. The molecule has 0 radical (unpaired) electrons. The Morgan fingerprint density at radius 1 is 1.24 bits per heavy atom. The molecule has 0 bridgehead atoms. The van der Waals surface area contributed by atoms with Gasteiger partial charge in [0.2, 0.25) is 0 Å². The maximum Gasteiger partial charge on any atom is 0.0967 e. The maximum atomic E-state index is 4.61. The quantitative estimate of drug-likeness (QED) is 0.873. The first-order valence-corrected chi connectivity index (χ1v) is 7.11. The lowest BCUT2D eigenvalue weighted by Gasteiger charge is -2.18. The first kappa shape index (κ1) is 12.6. The van der Waals surface area contributed by atoms with E-state index in [1.54, 1.807) is 0 Å². The highest BCUT2D eigenvalue weighted by Gasteiger charge is 2.11. The van der Waals surface area contributed by atoms with E-state index in [0.717, 1.165) is 17.4 Å². The van der Waals surface area contributed by atoms with E-state index in [0.29, 0.717) is 6.04 Å². The predicted molar refractivity (Wildman–Crippen MR) is 76.5 cm³/mol. The monoisotopic (exact) mass is 294 g/mol. The van der Waals surface area contributed by atoms with E-state index in [2.05, 4.69) is 51.4 Å². The summed E-state index contributed by atoms with van der Waals surface area (Å²) >= 11 is 3.60. The summed E-state index contributed by atoms with van der Waals surface area (Å²) in [5.74, 6) is 1.17. The molecule has 1 heterocycles. The average molecular weight is 295 g/mol. The number of rotatable bonds is 2. The minimum Gasteiger partial charge on any atom is -0.367 e. The van der Waals surface area contributed by atoms with Gasteiger partial charge in [-0.2, -0.15) is 0 Å². The summed E-state index contributed by atoms with van der Waals surface area (Å²) < 4.78 is 1.16. The van der Waals surface area contributed by atoms with Crippen LogP contribution in [0.25, 0.3) is 0 Å². The van der Waals surface area contributed by atoms with Crippen LogP contribution in [0, 0.1) is 0 Å². The summed E-state index contributed by atoms with van der Waals surface area (Å²) in [6.45, 7) is 3.17. The van der Waals surface area contributed by atoms with E-state index in [1.165, 1.54) is 30.7 Å². The highest BCUT2D eigenvalue weighted by Crippen LogP contribution is 2.23. The number of nitrogens with zero attached hydrogens (tertiary/aromatic N) is 1. The Kier molecular flexibility index (Phi) is 4.60. The fraction of sp³-hybridized carbons (Fsp3) is 0.500. The Labute approximate surface area is 112 Å². The van der Waals surface area contributed by atoms with Gasteiger partial charge in [-0.25, -0.2) is 0 Å². The van der Waals surface area contributed by atoms with Crippen molar-refractivity contribution in [3.63, 3.8) is 0 Å². The van der Waals surface area contributed by atoms with Crippen molar-refractivity contribution in [3.8, 4) is 0 Å². The average Bonchev–Trinajstić information content (AvgIpc) is 2.58. The zero-order valence-corrected chi connectivity index (χ0v) is 11.8. The molecule has 0 saturated heterocycles. The molecule has 0 aliphatic carbocycles. The molecular formula is C14H19BrN2. The van der Waals surface area contributed by atoms with Gasteiger partial charge in [-0.05, 0) is 31.4 Å². The van der Waals surface area contributed by atoms with Gasteiger partial charge in [0.25, 0.3) is 0 Å². The fourth-order valence-corrected chi connectivity index (χ4v) is 2.77. The van der Waals surface area contributed by atoms with Crippen molar-refractivity contribution in [1.29, 1.82) is 0 Å². The standard InChI is InChI=1S/C14H19BrN2/c1-11(12-7-4-5-8-13(12)15)17-14-9-3-2-6-10-16-14/h4-5,7-8,11H,2-3,6,9-10H2,1H3,(H,16,17)/t11-/m1/s1. The van der Waals surface area contributed by atoms with Crippen LogP contribution >= 0.6 is 15.9 Å². The molecule has 1 N–H and O–H groups in total. The zero-order chi connectivity index (χ0) is 12.1. The van der Waals surface area contributed by atoms with Crippen molar-refractivity contribution in [3.05, 3.63) is 34.3 Å². The Hall–Kier alpha value is -0.830. The molecule has 3 heteroatoms. The van der Waals surface area contributed by atoms with Crippen LogP contribution in [0.1, 0.15) is 44.2 Å². The molecule has 0 unspecified atom stereocenters. The highest BCUT2D eigenvalue weighted by molar-refractivity contribution is 9.10. The largest absolute Gasteiger partial charge is 0.367 e. The van der Waals surface area contributed by atoms with Crippen LogP contribution in [0.4, 0.5) is 0 Å². The highest BCUT2D eigenvalue weighted by atomic mass is 79.9. The first-order chi connectivity index (χ1) is 8.27. The van der Waals surface area contributed by atoms with Gasteiger partial charge in [0.05, 0.1) is 11.9 Å². The summed E-state index contributed by atoms with van der Waals surface area (Å²) in [5, 5.41) is 3.54. The summed E-state index contributed by atoms with van der Waals surface area (Å²) in [7, 11) is 0. The zero-order valence-electron chi connectivity index (χ0n) is 10.2. The third-order valence-corrected chi connectivity index (χ3v) is 3.85. The molecule has 0 fully saturated rings. The molecule has 1 aromatic rings. The number of aliphatic imine (C=N–C) groups is 1. The predicted octanol–water partition coefficient (Wildman–Crippen LogP) is 4.07. The summed E-state index contributed by atoms with van der Waals surface area (Å²) in [4.78, 5) is 4.61. The van der Waals surface area contributed by atoms with Crippen molar-refractivity contribution in [2.45, 2.75) is 38.6 Å². The van der Waals surface area contributed by atoms with Gasteiger partial charge in [0.15, 0.2) is 0 Å². The second-order valence-electron chi connectivity index (χ2n) is 4.53. The molecule has 92 valence electrons. The van der Waals surface area contributed by atoms with E-state index in [4.69, 9.17) is 0 Å². The molecule has 17 heavy (non-hydrogen) atoms. The van der Waals surface area contributed by atoms with E-state index in [-0.39, 0.29) is 0 Å². The summed E-state index contributed by atoms with van der Waals surface area (Å²) in [6.07, 6.45) is 4.88. The van der Waals surface area contributed by atoms with Gasteiger partial charge in [-0.15, -0.1) is 0 Å². The third-order valence-electron chi connectivity index (χ3n) is 3.13. The lowest BCUT2D eigenvalue weighted by Crippen LogP contribution is -2.26. The van der Waals surface area contributed by atoms with Gasteiger partial charge in [-0.1, -0.05) is 40.5 Å². The van der Waals surface area contributed by atoms with E-state index in [1.807, 2.05) is 6.07 Å². The molecular weight excluding hydrogens is 276 g/mol. The molecule has 0 saturated carbocycles. The van der Waals surface area contributed by atoms with Crippen LogP contribution in [0.5, 0.6) is 0 Å². The number of hydrogen-bond acceptors (Lipinski definition) is 2. The third kappa shape index (κ3) is 3.56. The van der Waals surface area contributed by atoms with Crippen molar-refractivity contribution >= 4 is 21.8 Å². The first-order valence-electron chi connectivity index (χ1n) is 6.31. The number of amidine groups is 1. The molecule has 1 aliphatic heterocycles. The van der Waals surface area contributed by atoms with E-state index < -0.39 is 0 Å². The van der Waals surface area contributed by atoms with Crippen molar-refractivity contribution in [1.82, 2.24) is 5.32 Å². The Balaban J connectivity index is 2.03. The smallest absolute Gasteiger partial charge is 0.0967 e.